The molecule has 22 heavy (non-hydrogen) atoms. The van der Waals surface area contributed by atoms with Gasteiger partial charge >= 0.3 is 5.97 Å². The second-order valence-corrected chi connectivity index (χ2v) is 6.78. The number of nitrogens with zero attached hydrogens (tertiary/aromatic N) is 1. The molecule has 1 N–H and O–H groups in total. The van der Waals surface area contributed by atoms with Crippen molar-refractivity contribution in [3.63, 3.8) is 0 Å². The zero-order valence-corrected chi connectivity index (χ0v) is 13.5. The summed E-state index contributed by atoms with van der Waals surface area (Å²) in [5.74, 6) is -2.34. The minimum Gasteiger partial charge on any atom is -0.465 e. The normalized spacial score (nSPS) is 34.1. The number of hydrogen-bond donors (Lipinski definition) is 1. The summed E-state index contributed by atoms with van der Waals surface area (Å²) >= 11 is 1.50. The van der Waals surface area contributed by atoms with Crippen LogP contribution in [0.3, 0.4) is 0 Å². The molecule has 2 aliphatic heterocycles. The summed E-state index contributed by atoms with van der Waals surface area (Å²) in [7, 11) is 1.47. The summed E-state index contributed by atoms with van der Waals surface area (Å²) in [6, 6.07) is 3.45. The third-order valence-corrected chi connectivity index (χ3v) is 5.51. The smallest absolute Gasteiger partial charge is 0.326 e. The fourth-order valence-electron chi connectivity index (χ4n) is 3.46. The Bertz CT molecular complexity index is 629. The Labute approximate surface area is 132 Å². The van der Waals surface area contributed by atoms with Gasteiger partial charge in [-0.3, -0.25) is 24.6 Å². The molecular formula is C15H18N2O4S. The van der Waals surface area contributed by atoms with Crippen LogP contribution in [-0.2, 0) is 19.1 Å². The average molecular weight is 322 g/mol. The van der Waals surface area contributed by atoms with E-state index in [0.717, 1.165) is 9.78 Å². The number of nitrogens with one attached hydrogen (secondary N) is 1. The monoisotopic (exact) mass is 322 g/mol. The van der Waals surface area contributed by atoms with Crippen molar-refractivity contribution in [3.8, 4) is 0 Å². The molecule has 0 unspecified atom stereocenters. The van der Waals surface area contributed by atoms with E-state index in [1.165, 1.54) is 18.4 Å². The number of likely N-dealkylation sites (tertiary alicyclic amines) is 1. The van der Waals surface area contributed by atoms with E-state index in [1.54, 1.807) is 13.8 Å². The molecule has 3 heterocycles. The minimum absolute atomic E-state index is 0.231. The summed E-state index contributed by atoms with van der Waals surface area (Å²) in [5.41, 5.74) is -1.19. The Balaban J connectivity index is 2.06. The number of thiophene rings is 1. The van der Waals surface area contributed by atoms with E-state index in [4.69, 9.17) is 4.74 Å². The first kappa shape index (κ1) is 15.2. The Hall–Kier alpha value is -1.73. The van der Waals surface area contributed by atoms with E-state index < -0.39 is 23.3 Å². The predicted molar refractivity (Wildman–Crippen MR) is 80.0 cm³/mol. The summed E-state index contributed by atoms with van der Waals surface area (Å²) in [6.07, 6.45) is 0. The van der Waals surface area contributed by atoms with Crippen molar-refractivity contribution in [2.45, 2.75) is 25.4 Å². The number of hydrogen-bond acceptors (Lipinski definition) is 6. The Kier molecular flexibility index (Phi) is 3.57. The zero-order chi connectivity index (χ0) is 16.1. The van der Waals surface area contributed by atoms with Gasteiger partial charge < -0.3 is 4.74 Å². The van der Waals surface area contributed by atoms with E-state index in [-0.39, 0.29) is 24.5 Å². The summed E-state index contributed by atoms with van der Waals surface area (Å²) < 4.78 is 5.14. The van der Waals surface area contributed by atoms with Crippen molar-refractivity contribution in [1.29, 1.82) is 0 Å². The Morgan fingerprint density at radius 1 is 1.45 bits per heavy atom. The molecule has 0 bridgehead atoms. The van der Waals surface area contributed by atoms with Gasteiger partial charge in [-0.1, -0.05) is 6.07 Å². The molecule has 4 atom stereocenters. The van der Waals surface area contributed by atoms with Gasteiger partial charge in [-0.2, -0.15) is 0 Å². The van der Waals surface area contributed by atoms with Gasteiger partial charge in [0.15, 0.2) is 0 Å². The standard InChI is InChI=1S/C15H18N2O4S/c1-4-21-14(20)15(2)10-9(12(18)17(3)13(10)19)11(16-15)8-6-5-7-22-8/h5-7,9-11,16H,4H2,1-3H3/t9-,10+,11-,15-/m1/s1. The van der Waals surface area contributed by atoms with Crippen molar-refractivity contribution in [2.24, 2.45) is 11.8 Å². The van der Waals surface area contributed by atoms with Gasteiger partial charge in [0.1, 0.15) is 5.54 Å². The van der Waals surface area contributed by atoms with Gasteiger partial charge in [0.05, 0.1) is 24.5 Å². The molecule has 0 radical (unpaired) electrons. The summed E-state index contributed by atoms with van der Waals surface area (Å²) in [6.45, 7) is 3.61. The number of imide groups is 1. The third kappa shape index (κ3) is 1.92. The first-order valence-electron chi connectivity index (χ1n) is 7.21. The predicted octanol–water partition coefficient (Wildman–Crippen LogP) is 0.945. The maximum Gasteiger partial charge on any atom is 0.326 e. The second-order valence-electron chi connectivity index (χ2n) is 5.80. The molecule has 3 rings (SSSR count). The van der Waals surface area contributed by atoms with Gasteiger partial charge in [0, 0.05) is 11.9 Å². The van der Waals surface area contributed by atoms with Gasteiger partial charge in [-0.25, -0.2) is 0 Å². The highest BCUT2D eigenvalue weighted by molar-refractivity contribution is 7.10. The highest BCUT2D eigenvalue weighted by Crippen LogP contribution is 2.49. The van der Waals surface area contributed by atoms with Crippen LogP contribution in [0.1, 0.15) is 24.8 Å². The molecule has 2 aliphatic rings. The second kappa shape index (κ2) is 5.17. The lowest BCUT2D eigenvalue weighted by Gasteiger charge is -2.28. The van der Waals surface area contributed by atoms with E-state index >= 15 is 0 Å². The number of amides is 2. The minimum atomic E-state index is -1.19. The van der Waals surface area contributed by atoms with Crippen LogP contribution in [0.5, 0.6) is 0 Å². The van der Waals surface area contributed by atoms with Crippen LogP contribution in [0.4, 0.5) is 0 Å². The van der Waals surface area contributed by atoms with Crippen molar-refractivity contribution in [1.82, 2.24) is 10.2 Å². The lowest BCUT2D eigenvalue weighted by molar-refractivity contribution is -0.155. The highest BCUT2D eigenvalue weighted by Gasteiger charge is 2.66. The molecule has 0 aromatic carbocycles. The number of rotatable bonds is 3. The fraction of sp³-hybridized carbons (Fsp3) is 0.533. The number of ether oxygens (including phenoxy) is 1. The molecule has 1 aromatic rings. The summed E-state index contributed by atoms with van der Waals surface area (Å²) in [5, 5.41) is 5.12. The molecule has 0 spiro atoms. The zero-order valence-electron chi connectivity index (χ0n) is 12.7. The van der Waals surface area contributed by atoms with E-state index in [1.807, 2.05) is 17.5 Å². The first-order chi connectivity index (χ1) is 10.4. The van der Waals surface area contributed by atoms with Crippen molar-refractivity contribution in [2.75, 3.05) is 13.7 Å². The lowest BCUT2D eigenvalue weighted by atomic mass is 9.81. The number of esters is 1. The van der Waals surface area contributed by atoms with Gasteiger partial charge in [-0.15, -0.1) is 11.3 Å². The van der Waals surface area contributed by atoms with E-state index in [2.05, 4.69) is 5.32 Å². The molecule has 2 saturated heterocycles. The van der Waals surface area contributed by atoms with Gasteiger partial charge in [-0.05, 0) is 25.3 Å². The quantitative estimate of drug-likeness (QED) is 0.662. The fourth-order valence-corrected chi connectivity index (χ4v) is 4.29. The van der Waals surface area contributed by atoms with Crippen LogP contribution in [0.25, 0.3) is 0 Å². The van der Waals surface area contributed by atoms with E-state index in [0.29, 0.717) is 0 Å². The van der Waals surface area contributed by atoms with Crippen LogP contribution in [0.2, 0.25) is 0 Å². The van der Waals surface area contributed by atoms with Crippen LogP contribution in [-0.4, -0.2) is 41.9 Å². The lowest BCUT2D eigenvalue weighted by Crippen LogP contribution is -2.53. The average Bonchev–Trinajstić information content (AvgIpc) is 3.15. The third-order valence-electron chi connectivity index (χ3n) is 4.56. The first-order valence-corrected chi connectivity index (χ1v) is 8.09. The maximum absolute atomic E-state index is 12.5. The molecule has 118 valence electrons. The summed E-state index contributed by atoms with van der Waals surface area (Å²) in [4.78, 5) is 39.5. The molecular weight excluding hydrogens is 304 g/mol. The van der Waals surface area contributed by atoms with Gasteiger partial charge in [0.25, 0.3) is 0 Å². The van der Waals surface area contributed by atoms with Crippen LogP contribution in [0, 0.1) is 11.8 Å². The largest absolute Gasteiger partial charge is 0.465 e. The van der Waals surface area contributed by atoms with Crippen LogP contribution < -0.4 is 5.32 Å². The van der Waals surface area contributed by atoms with Gasteiger partial charge in [0.2, 0.25) is 11.8 Å². The Morgan fingerprint density at radius 2 is 2.18 bits per heavy atom. The molecule has 2 amide bonds. The number of carbonyl (C=O) groups is 3. The molecule has 0 aliphatic carbocycles. The van der Waals surface area contributed by atoms with Crippen LogP contribution in [0.15, 0.2) is 17.5 Å². The van der Waals surface area contributed by atoms with Crippen molar-refractivity contribution < 1.29 is 19.1 Å². The molecule has 6 nitrogen and oxygen atoms in total. The maximum atomic E-state index is 12.5. The number of carbonyl (C=O) groups excluding carboxylic acids is 3. The highest BCUT2D eigenvalue weighted by atomic mass is 32.1. The van der Waals surface area contributed by atoms with Crippen molar-refractivity contribution >= 4 is 29.1 Å². The molecule has 7 heteroatoms. The molecule has 0 saturated carbocycles. The Morgan fingerprint density at radius 3 is 2.77 bits per heavy atom. The SMILES string of the molecule is CCOC(=O)[C@]1(C)N[C@H](c2cccs2)[C@@H]2C(=O)N(C)C(=O)[C@H]21. The molecule has 1 aromatic heterocycles. The number of fused-ring (bicyclic) bond motifs is 1. The topological polar surface area (TPSA) is 75.7 Å². The van der Waals surface area contributed by atoms with Crippen molar-refractivity contribution in [3.05, 3.63) is 22.4 Å². The van der Waals surface area contributed by atoms with Crippen LogP contribution >= 0.6 is 11.3 Å². The van der Waals surface area contributed by atoms with E-state index in [9.17, 15) is 14.4 Å². The molecule has 2 fully saturated rings.